The summed E-state index contributed by atoms with van der Waals surface area (Å²) in [6, 6.07) is 16.9. The third-order valence-electron chi connectivity index (χ3n) is 5.85. The lowest BCUT2D eigenvalue weighted by Crippen LogP contribution is -2.16. The fraction of sp³-hybridized carbons (Fsp3) is 0.172. The van der Waals surface area contributed by atoms with E-state index in [1.165, 1.54) is 21.9 Å². The maximum Gasteiger partial charge on any atom is 0.285 e. The molecule has 4 aromatic rings. The first kappa shape index (κ1) is 28.1. The minimum Gasteiger partial charge on any atom is -0.339 e. The first-order chi connectivity index (χ1) is 17.9. The van der Waals surface area contributed by atoms with Gasteiger partial charge in [0.25, 0.3) is 10.5 Å². The van der Waals surface area contributed by atoms with E-state index in [0.717, 1.165) is 45.2 Å². The van der Waals surface area contributed by atoms with E-state index in [1.54, 1.807) is 52.5 Å². The zero-order valence-corrected chi connectivity index (χ0v) is 24.4. The van der Waals surface area contributed by atoms with Gasteiger partial charge in [-0.1, -0.05) is 17.7 Å². The molecule has 0 aliphatic carbocycles. The van der Waals surface area contributed by atoms with Gasteiger partial charge in [-0.25, -0.2) is 8.78 Å². The van der Waals surface area contributed by atoms with Gasteiger partial charge in [-0.15, -0.1) is 9.24 Å². The molecule has 0 aliphatic rings. The number of hydrogen-bond acceptors (Lipinski definition) is 4. The van der Waals surface area contributed by atoms with E-state index in [2.05, 4.69) is 9.24 Å². The topological polar surface area (TPSA) is 40.6 Å². The first-order valence-electron chi connectivity index (χ1n) is 11.7. The lowest BCUT2D eigenvalue weighted by molar-refractivity contribution is 0.240. The molecule has 38 heavy (non-hydrogen) atoms. The number of benzene rings is 4. The Morgan fingerprint density at radius 3 is 1.58 bits per heavy atom. The molecule has 4 rings (SSSR count). The highest BCUT2D eigenvalue weighted by Gasteiger charge is 2.20. The number of hydrogen-bond donors (Lipinski definition) is 0. The van der Waals surface area contributed by atoms with Crippen molar-refractivity contribution in [2.24, 2.45) is 0 Å². The van der Waals surface area contributed by atoms with Crippen LogP contribution < -0.4 is 5.30 Å². The molecule has 0 bridgehead atoms. The Kier molecular flexibility index (Phi) is 8.46. The highest BCUT2D eigenvalue weighted by molar-refractivity contribution is 8.14. The molecule has 0 spiro atoms. The maximum absolute atomic E-state index is 15.0. The normalized spacial score (nSPS) is 11.1. The van der Waals surface area contributed by atoms with Crippen LogP contribution in [0.5, 0.6) is 0 Å². The summed E-state index contributed by atoms with van der Waals surface area (Å²) in [7, 11) is 9.19. The average Bonchev–Trinajstić information content (AvgIpc) is 2.86. The maximum atomic E-state index is 15.0. The van der Waals surface area contributed by atoms with E-state index in [9.17, 15) is 9.59 Å². The molecule has 1 atom stereocenters. The average molecular weight is 569 g/mol. The molecule has 2 amide bonds. The van der Waals surface area contributed by atoms with Crippen molar-refractivity contribution in [1.29, 1.82) is 0 Å². The number of thioether (sulfide) groups is 2. The Bertz CT molecular complexity index is 1460. The molecular weight excluding hydrogens is 541 g/mol. The SMILES string of the molecule is Cc1ccc(F)c(-c2cc3cc(SC(=O)N(C)C)c(-c4cc(P)ccc4F)cc3cc2SC(=O)N(C)C)c1. The lowest BCUT2D eigenvalue weighted by Gasteiger charge is -2.18. The van der Waals surface area contributed by atoms with Crippen LogP contribution >= 0.6 is 32.8 Å². The van der Waals surface area contributed by atoms with E-state index in [-0.39, 0.29) is 10.5 Å². The molecule has 0 N–H and O–H groups in total. The fourth-order valence-corrected chi connectivity index (χ4v) is 5.80. The number of rotatable bonds is 4. The number of halogens is 2. The largest absolute Gasteiger partial charge is 0.339 e. The van der Waals surface area contributed by atoms with Crippen molar-refractivity contribution in [3.8, 4) is 22.3 Å². The minimum atomic E-state index is -0.412. The van der Waals surface area contributed by atoms with Gasteiger partial charge in [0, 0.05) is 49.1 Å². The third-order valence-corrected chi connectivity index (χ3v) is 8.41. The second-order valence-electron chi connectivity index (χ2n) is 9.29. The smallest absolute Gasteiger partial charge is 0.285 e. The molecule has 9 heteroatoms. The van der Waals surface area contributed by atoms with Gasteiger partial charge in [-0.05, 0) is 106 Å². The molecule has 0 aliphatic heterocycles. The molecule has 1 unspecified atom stereocenters. The highest BCUT2D eigenvalue weighted by atomic mass is 32.2. The van der Waals surface area contributed by atoms with Gasteiger partial charge in [0.05, 0.1) is 0 Å². The second kappa shape index (κ2) is 11.4. The summed E-state index contributed by atoms with van der Waals surface area (Å²) in [5.74, 6) is -0.812. The van der Waals surface area contributed by atoms with E-state index >= 15 is 8.78 Å². The van der Waals surface area contributed by atoms with Crippen LogP contribution in [0.3, 0.4) is 0 Å². The quantitative estimate of drug-likeness (QED) is 0.186. The van der Waals surface area contributed by atoms with Crippen molar-refractivity contribution in [3.63, 3.8) is 0 Å². The lowest BCUT2D eigenvalue weighted by atomic mass is 9.96. The molecule has 4 nitrogen and oxygen atoms in total. The molecule has 196 valence electrons. The monoisotopic (exact) mass is 568 g/mol. The number of carbonyl (C=O) groups excluding carboxylic acids is 2. The molecule has 0 heterocycles. The van der Waals surface area contributed by atoms with Crippen LogP contribution in [-0.4, -0.2) is 48.5 Å². The number of nitrogens with zero attached hydrogens (tertiary/aromatic N) is 2. The summed E-state index contributed by atoms with van der Waals surface area (Å²) in [4.78, 5) is 29.5. The van der Waals surface area contributed by atoms with E-state index < -0.39 is 11.6 Å². The highest BCUT2D eigenvalue weighted by Crippen LogP contribution is 2.42. The summed E-state index contributed by atoms with van der Waals surface area (Å²) >= 11 is 2.01. The zero-order chi connectivity index (χ0) is 27.7. The zero-order valence-electron chi connectivity index (χ0n) is 21.6. The fourth-order valence-electron chi connectivity index (χ4n) is 3.86. The van der Waals surface area contributed by atoms with Crippen molar-refractivity contribution in [3.05, 3.63) is 77.9 Å². The van der Waals surface area contributed by atoms with Crippen LogP contribution in [0.15, 0.2) is 70.5 Å². The van der Waals surface area contributed by atoms with Gasteiger partial charge < -0.3 is 9.80 Å². The van der Waals surface area contributed by atoms with Gasteiger partial charge in [0.15, 0.2) is 0 Å². The summed E-state index contributed by atoms with van der Waals surface area (Å²) < 4.78 is 30.1. The number of aryl methyl sites for hydroxylation is 1. The Hall–Kier alpha value is -2.93. The summed E-state index contributed by atoms with van der Waals surface area (Å²) in [6.45, 7) is 1.88. The van der Waals surface area contributed by atoms with Crippen LogP contribution in [0.1, 0.15) is 5.56 Å². The van der Waals surface area contributed by atoms with Crippen LogP contribution in [0.2, 0.25) is 0 Å². The van der Waals surface area contributed by atoms with E-state index in [0.29, 0.717) is 32.0 Å². The van der Waals surface area contributed by atoms with E-state index in [1.807, 2.05) is 31.2 Å². The Morgan fingerprint density at radius 1 is 0.658 bits per heavy atom. The summed E-state index contributed by atoms with van der Waals surface area (Å²) in [6.07, 6.45) is 0. The molecule has 0 saturated heterocycles. The van der Waals surface area contributed by atoms with Gasteiger partial charge >= 0.3 is 0 Å². The standard InChI is InChI=1S/C29H27F2N2O2PS2/c1-16-6-8-24(30)20(10-16)22-11-17-14-27(38-29(35)33(4)5)23(21-15-19(36)7-9-25(21)31)12-18(17)13-26(22)37-28(34)32(2)3/h6-15H,36H2,1-5H3. The number of amides is 2. The third kappa shape index (κ3) is 6.04. The van der Waals surface area contributed by atoms with E-state index in [4.69, 9.17) is 0 Å². The van der Waals surface area contributed by atoms with Gasteiger partial charge in [0.1, 0.15) is 11.6 Å². The van der Waals surface area contributed by atoms with Crippen molar-refractivity contribution < 1.29 is 18.4 Å². The Labute approximate surface area is 232 Å². The summed E-state index contributed by atoms with van der Waals surface area (Å²) in [5.41, 5.74) is 2.75. The van der Waals surface area contributed by atoms with Crippen LogP contribution in [0.25, 0.3) is 33.0 Å². The van der Waals surface area contributed by atoms with Crippen molar-refractivity contribution in [2.75, 3.05) is 28.2 Å². The van der Waals surface area contributed by atoms with Crippen LogP contribution in [0.4, 0.5) is 18.4 Å². The predicted octanol–water partition coefficient (Wildman–Crippen LogP) is 7.81. The van der Waals surface area contributed by atoms with Crippen molar-refractivity contribution >= 4 is 59.3 Å². The van der Waals surface area contributed by atoms with Crippen molar-refractivity contribution in [2.45, 2.75) is 16.7 Å². The Balaban J connectivity index is 2.02. The van der Waals surface area contributed by atoms with Crippen molar-refractivity contribution in [1.82, 2.24) is 9.80 Å². The molecule has 0 saturated carbocycles. The summed E-state index contributed by atoms with van der Waals surface area (Å²) in [5, 5.41) is 1.87. The van der Waals surface area contributed by atoms with Crippen LogP contribution in [-0.2, 0) is 0 Å². The van der Waals surface area contributed by atoms with Crippen LogP contribution in [0, 0.1) is 18.6 Å². The minimum absolute atomic E-state index is 0.204. The molecule has 0 aromatic heterocycles. The second-order valence-corrected chi connectivity index (χ2v) is 11.9. The van der Waals surface area contributed by atoms with Gasteiger partial charge in [-0.2, -0.15) is 0 Å². The van der Waals surface area contributed by atoms with Gasteiger partial charge in [0.2, 0.25) is 0 Å². The Morgan fingerprint density at radius 2 is 1.11 bits per heavy atom. The molecule has 0 radical (unpaired) electrons. The van der Waals surface area contributed by atoms with Gasteiger partial charge in [-0.3, -0.25) is 9.59 Å². The molecular formula is C29H27F2N2O2PS2. The number of carbonyl (C=O) groups is 2. The molecule has 0 fully saturated rings. The number of fused-ring (bicyclic) bond motifs is 1. The molecule has 4 aromatic carbocycles. The predicted molar refractivity (Wildman–Crippen MR) is 159 cm³/mol. The first-order valence-corrected chi connectivity index (χ1v) is 13.9.